The number of hydrogen-bond donors (Lipinski definition) is 0. The largest absolute Gasteiger partial charge is 0.493 e. The number of ether oxygens (including phenoxy) is 3. The lowest BCUT2D eigenvalue weighted by molar-refractivity contribution is -0.171. The Morgan fingerprint density at radius 2 is 1.52 bits per heavy atom. The molecular weight excluding hydrogens is 431 g/mol. The molecule has 2 aromatic rings. The summed E-state index contributed by atoms with van der Waals surface area (Å²) in [6.07, 6.45) is 2.51. The minimum absolute atomic E-state index is 0.372. The number of thioether (sulfide) groups is 1. The van der Waals surface area contributed by atoms with Gasteiger partial charge in [0, 0.05) is 19.6 Å². The van der Waals surface area contributed by atoms with Crippen LogP contribution in [0.25, 0.3) is 0 Å². The SMILES string of the molecule is CC(=O)O[C@H]1[C@H](OC(C)=O)C=CO[C@@H]1CSCCP(c1ccccc1)c1ccccc1. The van der Waals surface area contributed by atoms with E-state index in [1.807, 2.05) is 12.1 Å². The molecule has 1 heterocycles. The molecule has 164 valence electrons. The molecule has 7 heteroatoms. The fourth-order valence-corrected chi connectivity index (χ4v) is 7.16. The Labute approximate surface area is 188 Å². The molecule has 1 aliphatic heterocycles. The Morgan fingerprint density at radius 1 is 0.935 bits per heavy atom. The van der Waals surface area contributed by atoms with Crippen molar-refractivity contribution in [2.24, 2.45) is 0 Å². The third-order valence-electron chi connectivity index (χ3n) is 4.69. The van der Waals surface area contributed by atoms with Gasteiger partial charge in [-0.2, -0.15) is 11.8 Å². The van der Waals surface area contributed by atoms with Crippen molar-refractivity contribution in [3.8, 4) is 0 Å². The standard InChI is InChI=1S/C24H27O5PS/c1-18(25)28-22-13-14-27-23(24(22)29-19(2)26)17-31-16-15-30(20-9-5-3-6-10-20)21-11-7-4-8-12-21/h3-14,22-24H,15-17H2,1-2H3/t22-,23-,24+/m1/s1. The van der Waals surface area contributed by atoms with Gasteiger partial charge in [0.05, 0.1) is 6.26 Å². The third-order valence-corrected chi connectivity index (χ3v) is 8.57. The Morgan fingerprint density at radius 3 is 2.06 bits per heavy atom. The first-order chi connectivity index (χ1) is 15.0. The molecule has 0 bridgehead atoms. The summed E-state index contributed by atoms with van der Waals surface area (Å²) in [6.45, 7) is 2.69. The summed E-state index contributed by atoms with van der Waals surface area (Å²) in [5.74, 6) is 0.723. The molecule has 3 atom stereocenters. The van der Waals surface area contributed by atoms with Crippen molar-refractivity contribution < 1.29 is 23.8 Å². The highest BCUT2D eigenvalue weighted by molar-refractivity contribution is 7.99. The van der Waals surface area contributed by atoms with Crippen molar-refractivity contribution in [2.45, 2.75) is 32.2 Å². The zero-order valence-electron chi connectivity index (χ0n) is 17.7. The molecule has 0 N–H and O–H groups in total. The molecule has 0 unspecified atom stereocenters. The van der Waals surface area contributed by atoms with Crippen LogP contribution in [0.2, 0.25) is 0 Å². The average Bonchev–Trinajstić information content (AvgIpc) is 2.76. The minimum Gasteiger partial charge on any atom is -0.493 e. The van der Waals surface area contributed by atoms with E-state index in [-0.39, 0.29) is 6.10 Å². The van der Waals surface area contributed by atoms with Gasteiger partial charge >= 0.3 is 11.9 Å². The predicted octanol–water partition coefficient (Wildman–Crippen LogP) is 3.63. The van der Waals surface area contributed by atoms with E-state index in [1.54, 1.807) is 17.8 Å². The zero-order valence-corrected chi connectivity index (χ0v) is 19.4. The molecule has 3 rings (SSSR count). The molecule has 0 saturated heterocycles. The van der Waals surface area contributed by atoms with Crippen LogP contribution in [0.5, 0.6) is 0 Å². The first-order valence-corrected chi connectivity index (χ1v) is 12.8. The number of carbonyl (C=O) groups is 2. The Hall–Kier alpha value is -2.30. The summed E-state index contributed by atoms with van der Waals surface area (Å²) in [7, 11) is -0.456. The second kappa shape index (κ2) is 11.9. The van der Waals surface area contributed by atoms with Gasteiger partial charge in [-0.05, 0) is 36.5 Å². The van der Waals surface area contributed by atoms with E-state index in [9.17, 15) is 9.59 Å². The van der Waals surface area contributed by atoms with Gasteiger partial charge in [-0.1, -0.05) is 60.7 Å². The Kier molecular flexibility index (Phi) is 8.98. The maximum atomic E-state index is 11.6. The Balaban J connectivity index is 1.61. The molecule has 0 fully saturated rings. The maximum Gasteiger partial charge on any atom is 0.303 e. The zero-order chi connectivity index (χ0) is 22.1. The van der Waals surface area contributed by atoms with Gasteiger partial charge in [-0.15, -0.1) is 0 Å². The lowest BCUT2D eigenvalue weighted by Crippen LogP contribution is -2.46. The molecule has 0 radical (unpaired) electrons. The van der Waals surface area contributed by atoms with E-state index in [1.165, 1.54) is 30.7 Å². The third kappa shape index (κ3) is 7.12. The van der Waals surface area contributed by atoms with Crippen molar-refractivity contribution in [3.63, 3.8) is 0 Å². The summed E-state index contributed by atoms with van der Waals surface area (Å²) in [5.41, 5.74) is 0. The molecule has 0 saturated carbocycles. The minimum atomic E-state index is -0.649. The maximum absolute atomic E-state index is 11.6. The van der Waals surface area contributed by atoms with Gasteiger partial charge in [0.2, 0.25) is 0 Å². The fourth-order valence-electron chi connectivity index (χ4n) is 3.37. The monoisotopic (exact) mass is 458 g/mol. The van der Waals surface area contributed by atoms with E-state index in [0.29, 0.717) is 5.75 Å². The number of rotatable bonds is 9. The fraction of sp³-hybridized carbons (Fsp3) is 0.333. The van der Waals surface area contributed by atoms with Gasteiger partial charge in [-0.3, -0.25) is 9.59 Å². The number of benzene rings is 2. The van der Waals surface area contributed by atoms with Crippen molar-refractivity contribution in [3.05, 3.63) is 73.0 Å². The van der Waals surface area contributed by atoms with Crippen LogP contribution in [0.3, 0.4) is 0 Å². The molecule has 0 spiro atoms. The van der Waals surface area contributed by atoms with Crippen LogP contribution in [-0.2, 0) is 23.8 Å². The van der Waals surface area contributed by atoms with Crippen LogP contribution < -0.4 is 10.6 Å². The summed E-state index contributed by atoms with van der Waals surface area (Å²) in [6, 6.07) is 21.2. The van der Waals surface area contributed by atoms with Gasteiger partial charge < -0.3 is 14.2 Å². The van der Waals surface area contributed by atoms with Crippen molar-refractivity contribution in [1.29, 1.82) is 0 Å². The van der Waals surface area contributed by atoms with Gasteiger partial charge in [-0.25, -0.2) is 0 Å². The van der Waals surface area contributed by atoms with Crippen molar-refractivity contribution >= 4 is 42.2 Å². The summed E-state index contributed by atoms with van der Waals surface area (Å²) in [4.78, 5) is 23.0. The molecule has 31 heavy (non-hydrogen) atoms. The van der Waals surface area contributed by atoms with Crippen LogP contribution in [0, 0.1) is 0 Å². The summed E-state index contributed by atoms with van der Waals surface area (Å²) in [5, 5.41) is 2.71. The topological polar surface area (TPSA) is 61.8 Å². The first-order valence-electron chi connectivity index (χ1n) is 10.2. The van der Waals surface area contributed by atoms with E-state index in [2.05, 4.69) is 48.5 Å². The summed E-state index contributed by atoms with van der Waals surface area (Å²) < 4.78 is 16.5. The molecular formula is C24H27O5PS. The summed E-state index contributed by atoms with van der Waals surface area (Å²) >= 11 is 1.75. The highest BCUT2D eigenvalue weighted by Crippen LogP contribution is 2.34. The molecule has 5 nitrogen and oxygen atoms in total. The highest BCUT2D eigenvalue weighted by Gasteiger charge is 2.37. The van der Waals surface area contributed by atoms with E-state index in [0.717, 1.165) is 11.9 Å². The average molecular weight is 459 g/mol. The van der Waals surface area contributed by atoms with Gasteiger partial charge in [0.1, 0.15) is 6.10 Å². The number of esters is 2. The van der Waals surface area contributed by atoms with Crippen LogP contribution >= 0.6 is 19.7 Å². The lowest BCUT2D eigenvalue weighted by Gasteiger charge is -2.33. The number of hydrogen-bond acceptors (Lipinski definition) is 6. The molecule has 2 aromatic carbocycles. The van der Waals surface area contributed by atoms with Crippen molar-refractivity contribution in [1.82, 2.24) is 0 Å². The van der Waals surface area contributed by atoms with E-state index < -0.39 is 32.1 Å². The van der Waals surface area contributed by atoms with E-state index >= 15 is 0 Å². The second-order valence-corrected chi connectivity index (χ2v) is 10.5. The lowest BCUT2D eigenvalue weighted by atomic mass is 10.1. The van der Waals surface area contributed by atoms with Gasteiger partial charge in [0.25, 0.3) is 0 Å². The van der Waals surface area contributed by atoms with Crippen LogP contribution in [0.15, 0.2) is 73.0 Å². The molecule has 0 aromatic heterocycles. The normalized spacial score (nSPS) is 20.2. The predicted molar refractivity (Wildman–Crippen MR) is 126 cm³/mol. The second-order valence-electron chi connectivity index (χ2n) is 7.05. The van der Waals surface area contributed by atoms with Crippen LogP contribution in [-0.4, -0.2) is 47.9 Å². The molecule has 0 amide bonds. The Bertz CT molecular complexity index is 835. The molecule has 1 aliphatic rings. The molecule has 0 aliphatic carbocycles. The van der Waals surface area contributed by atoms with Crippen LogP contribution in [0.1, 0.15) is 13.8 Å². The highest BCUT2D eigenvalue weighted by atomic mass is 32.2. The van der Waals surface area contributed by atoms with Crippen molar-refractivity contribution in [2.75, 3.05) is 17.7 Å². The van der Waals surface area contributed by atoms with E-state index in [4.69, 9.17) is 14.2 Å². The van der Waals surface area contributed by atoms with Gasteiger partial charge in [0.15, 0.2) is 12.2 Å². The van der Waals surface area contributed by atoms with Crippen LogP contribution in [0.4, 0.5) is 0 Å². The first kappa shape index (κ1) is 23.4. The number of carbonyl (C=O) groups excluding carboxylic acids is 2. The smallest absolute Gasteiger partial charge is 0.303 e. The quantitative estimate of drug-likeness (QED) is 0.325.